The summed E-state index contributed by atoms with van der Waals surface area (Å²) in [6.07, 6.45) is 0. The molecule has 1 heterocycles. The van der Waals surface area contributed by atoms with E-state index in [1.165, 1.54) is 0 Å². The number of aromatic nitrogens is 1. The standard InChI is InChI=1S/C17H12F3NS/c1-11-6-8-12(9-7-11)15-10-13-4-2-3-5-14(13)16(21-15)22-17(18,19)20/h2-10H,1H3. The second-order valence-corrected chi connectivity index (χ2v) is 6.00. The maximum atomic E-state index is 12.8. The zero-order chi connectivity index (χ0) is 15.7. The number of hydrogen-bond acceptors (Lipinski definition) is 2. The van der Waals surface area contributed by atoms with Crippen molar-refractivity contribution in [3.8, 4) is 11.3 Å². The van der Waals surface area contributed by atoms with Gasteiger partial charge in [0.1, 0.15) is 5.03 Å². The molecule has 2 aromatic carbocycles. The molecule has 0 fully saturated rings. The molecule has 0 bridgehead atoms. The summed E-state index contributed by atoms with van der Waals surface area (Å²) in [7, 11) is 0. The molecule has 0 aliphatic heterocycles. The SMILES string of the molecule is Cc1ccc(-c2cc3ccccc3c(SC(F)(F)F)n2)cc1. The smallest absolute Gasteiger partial charge is 0.240 e. The third-order valence-electron chi connectivity index (χ3n) is 3.27. The number of thioether (sulfide) groups is 1. The topological polar surface area (TPSA) is 12.9 Å². The van der Waals surface area contributed by atoms with Crippen LogP contribution in [0.3, 0.4) is 0 Å². The maximum absolute atomic E-state index is 12.8. The third kappa shape index (κ3) is 3.25. The Hall–Kier alpha value is -2.01. The molecule has 0 spiro atoms. The number of benzene rings is 2. The first-order valence-corrected chi connectivity index (χ1v) is 7.46. The molecule has 5 heteroatoms. The first-order chi connectivity index (χ1) is 10.4. The predicted molar refractivity (Wildman–Crippen MR) is 83.8 cm³/mol. The van der Waals surface area contributed by atoms with Crippen LogP contribution in [-0.2, 0) is 0 Å². The second kappa shape index (κ2) is 5.65. The fourth-order valence-corrected chi connectivity index (χ4v) is 2.89. The third-order valence-corrected chi connectivity index (χ3v) is 4.00. The number of pyridine rings is 1. The molecule has 112 valence electrons. The van der Waals surface area contributed by atoms with Gasteiger partial charge in [0.05, 0.1) is 5.69 Å². The lowest BCUT2D eigenvalue weighted by molar-refractivity contribution is -0.0328. The number of nitrogens with zero attached hydrogens (tertiary/aromatic N) is 1. The number of alkyl halides is 3. The van der Waals surface area contributed by atoms with Crippen molar-refractivity contribution in [2.45, 2.75) is 17.5 Å². The summed E-state index contributed by atoms with van der Waals surface area (Å²) in [4.78, 5) is 4.23. The van der Waals surface area contributed by atoms with Crippen LogP contribution < -0.4 is 0 Å². The lowest BCUT2D eigenvalue weighted by Crippen LogP contribution is -2.01. The van der Waals surface area contributed by atoms with Gasteiger partial charge >= 0.3 is 5.51 Å². The average molecular weight is 319 g/mol. The minimum atomic E-state index is -4.36. The maximum Gasteiger partial charge on any atom is 0.447 e. The van der Waals surface area contributed by atoms with E-state index in [1.807, 2.05) is 43.3 Å². The van der Waals surface area contributed by atoms with E-state index in [-0.39, 0.29) is 16.8 Å². The Kier molecular flexibility index (Phi) is 3.83. The van der Waals surface area contributed by atoms with Crippen LogP contribution in [0.2, 0.25) is 0 Å². The Bertz CT molecular complexity index is 810. The summed E-state index contributed by atoms with van der Waals surface area (Å²) in [6, 6.07) is 16.4. The van der Waals surface area contributed by atoms with Crippen LogP contribution in [0.4, 0.5) is 13.2 Å². The average Bonchev–Trinajstić information content (AvgIpc) is 2.46. The van der Waals surface area contributed by atoms with Crippen molar-refractivity contribution in [1.29, 1.82) is 0 Å². The van der Waals surface area contributed by atoms with Crippen LogP contribution in [0.5, 0.6) is 0 Å². The fraction of sp³-hybridized carbons (Fsp3) is 0.118. The van der Waals surface area contributed by atoms with Gasteiger partial charge in [0, 0.05) is 22.7 Å². The highest BCUT2D eigenvalue weighted by Gasteiger charge is 2.31. The van der Waals surface area contributed by atoms with E-state index in [4.69, 9.17) is 0 Å². The monoisotopic (exact) mass is 319 g/mol. The van der Waals surface area contributed by atoms with Gasteiger partial charge in [-0.3, -0.25) is 0 Å². The molecular weight excluding hydrogens is 307 g/mol. The van der Waals surface area contributed by atoms with Crippen molar-refractivity contribution in [2.75, 3.05) is 0 Å². The highest BCUT2D eigenvalue weighted by atomic mass is 32.2. The molecule has 22 heavy (non-hydrogen) atoms. The molecule has 0 aliphatic carbocycles. The first kappa shape index (κ1) is 14.9. The number of halogens is 3. The molecule has 0 aliphatic rings. The van der Waals surface area contributed by atoms with E-state index in [0.29, 0.717) is 11.1 Å². The van der Waals surface area contributed by atoms with E-state index in [9.17, 15) is 13.2 Å². The van der Waals surface area contributed by atoms with E-state index in [1.54, 1.807) is 18.2 Å². The Morgan fingerprint density at radius 1 is 0.955 bits per heavy atom. The highest BCUT2D eigenvalue weighted by Crippen LogP contribution is 2.40. The minimum absolute atomic E-state index is 0.0128. The van der Waals surface area contributed by atoms with Crippen LogP contribution in [-0.4, -0.2) is 10.5 Å². The van der Waals surface area contributed by atoms with E-state index in [2.05, 4.69) is 4.98 Å². The second-order valence-electron chi connectivity index (χ2n) is 4.95. The van der Waals surface area contributed by atoms with Crippen LogP contribution >= 0.6 is 11.8 Å². The molecule has 3 aromatic rings. The van der Waals surface area contributed by atoms with Gasteiger partial charge in [0.15, 0.2) is 0 Å². The molecule has 0 atom stereocenters. The normalized spacial score (nSPS) is 11.8. The van der Waals surface area contributed by atoms with Gasteiger partial charge in [-0.2, -0.15) is 13.2 Å². The van der Waals surface area contributed by atoms with Crippen LogP contribution in [0.1, 0.15) is 5.56 Å². The fourth-order valence-electron chi connectivity index (χ4n) is 2.23. The lowest BCUT2D eigenvalue weighted by atomic mass is 10.1. The number of hydrogen-bond donors (Lipinski definition) is 0. The molecule has 0 amide bonds. The van der Waals surface area contributed by atoms with E-state index < -0.39 is 5.51 Å². The van der Waals surface area contributed by atoms with Gasteiger partial charge in [-0.1, -0.05) is 54.1 Å². The quantitative estimate of drug-likeness (QED) is 0.552. The zero-order valence-corrected chi connectivity index (χ0v) is 12.5. The minimum Gasteiger partial charge on any atom is -0.240 e. The Morgan fingerprint density at radius 3 is 2.32 bits per heavy atom. The van der Waals surface area contributed by atoms with E-state index >= 15 is 0 Å². The van der Waals surface area contributed by atoms with Crippen molar-refractivity contribution in [1.82, 2.24) is 4.98 Å². The molecule has 1 aromatic heterocycles. The molecule has 0 unspecified atom stereocenters. The number of rotatable bonds is 2. The van der Waals surface area contributed by atoms with Gasteiger partial charge < -0.3 is 0 Å². The van der Waals surface area contributed by atoms with Gasteiger partial charge in [0.25, 0.3) is 0 Å². The van der Waals surface area contributed by atoms with Crippen LogP contribution in [0, 0.1) is 6.92 Å². The Balaban J connectivity index is 2.18. The summed E-state index contributed by atoms with van der Waals surface area (Å²) in [6.45, 7) is 1.96. The van der Waals surface area contributed by atoms with Crippen LogP contribution in [0.25, 0.3) is 22.0 Å². The number of fused-ring (bicyclic) bond motifs is 1. The van der Waals surface area contributed by atoms with Crippen LogP contribution in [0.15, 0.2) is 59.6 Å². The van der Waals surface area contributed by atoms with Crippen molar-refractivity contribution in [3.05, 3.63) is 60.2 Å². The molecule has 0 radical (unpaired) electrons. The molecule has 3 rings (SSSR count). The summed E-state index contributed by atoms with van der Waals surface area (Å²) in [5.74, 6) is 0. The van der Waals surface area contributed by atoms with Gasteiger partial charge in [-0.25, -0.2) is 4.98 Å². The van der Waals surface area contributed by atoms with Crippen molar-refractivity contribution < 1.29 is 13.2 Å². The molecule has 0 N–H and O–H groups in total. The lowest BCUT2D eigenvalue weighted by Gasteiger charge is -2.11. The molecule has 0 saturated heterocycles. The highest BCUT2D eigenvalue weighted by molar-refractivity contribution is 8.00. The summed E-state index contributed by atoms with van der Waals surface area (Å²) >= 11 is -0.169. The van der Waals surface area contributed by atoms with Gasteiger partial charge in [-0.05, 0) is 18.4 Å². The Labute approximate surface area is 130 Å². The molecule has 1 nitrogen and oxygen atoms in total. The number of aryl methyl sites for hydroxylation is 1. The van der Waals surface area contributed by atoms with Gasteiger partial charge in [0.2, 0.25) is 0 Å². The summed E-state index contributed by atoms with van der Waals surface area (Å²) < 4.78 is 38.3. The molecule has 0 saturated carbocycles. The van der Waals surface area contributed by atoms with Crippen molar-refractivity contribution in [2.24, 2.45) is 0 Å². The Morgan fingerprint density at radius 2 is 1.64 bits per heavy atom. The predicted octanol–water partition coefficient (Wildman–Crippen LogP) is 5.82. The summed E-state index contributed by atoms with van der Waals surface area (Å²) in [5, 5.41) is 1.25. The largest absolute Gasteiger partial charge is 0.447 e. The van der Waals surface area contributed by atoms with Crippen molar-refractivity contribution >= 4 is 22.5 Å². The summed E-state index contributed by atoms with van der Waals surface area (Å²) in [5.41, 5.74) is -1.91. The zero-order valence-electron chi connectivity index (χ0n) is 11.7. The molecular formula is C17H12F3NS. The van der Waals surface area contributed by atoms with Crippen molar-refractivity contribution in [3.63, 3.8) is 0 Å². The first-order valence-electron chi connectivity index (χ1n) is 6.65. The van der Waals surface area contributed by atoms with Gasteiger partial charge in [-0.15, -0.1) is 0 Å². The van der Waals surface area contributed by atoms with E-state index in [0.717, 1.165) is 16.5 Å².